The Morgan fingerprint density at radius 1 is 1.36 bits per heavy atom. The van der Waals surface area contributed by atoms with Gasteiger partial charge in [-0.05, 0) is 38.6 Å². The highest BCUT2D eigenvalue weighted by molar-refractivity contribution is 7.91. The van der Waals surface area contributed by atoms with E-state index in [0.29, 0.717) is 13.0 Å². The zero-order valence-corrected chi connectivity index (χ0v) is 10.5. The van der Waals surface area contributed by atoms with Gasteiger partial charge < -0.3 is 5.73 Å². The van der Waals surface area contributed by atoms with Crippen molar-refractivity contribution in [2.45, 2.75) is 45.8 Å². The summed E-state index contributed by atoms with van der Waals surface area (Å²) >= 11 is 0. The SMILES string of the molecule is CCC(C)(CN)CCS(=O)(=O)C(C)C. The molecule has 1 unspecified atom stereocenters. The molecule has 0 bridgehead atoms. The molecule has 0 heterocycles. The zero-order valence-electron chi connectivity index (χ0n) is 9.71. The van der Waals surface area contributed by atoms with E-state index in [4.69, 9.17) is 5.73 Å². The van der Waals surface area contributed by atoms with Crippen molar-refractivity contribution in [3.63, 3.8) is 0 Å². The van der Waals surface area contributed by atoms with Crippen molar-refractivity contribution in [2.75, 3.05) is 12.3 Å². The molecule has 0 saturated heterocycles. The molecule has 0 aliphatic heterocycles. The van der Waals surface area contributed by atoms with Gasteiger partial charge in [0.25, 0.3) is 0 Å². The van der Waals surface area contributed by atoms with Gasteiger partial charge in [0.05, 0.1) is 11.0 Å². The van der Waals surface area contributed by atoms with Crippen molar-refractivity contribution in [1.82, 2.24) is 0 Å². The van der Waals surface area contributed by atoms with E-state index in [2.05, 4.69) is 6.92 Å². The van der Waals surface area contributed by atoms with Crippen LogP contribution in [0.25, 0.3) is 0 Å². The van der Waals surface area contributed by atoms with Crippen LogP contribution in [0.5, 0.6) is 0 Å². The van der Waals surface area contributed by atoms with Crippen molar-refractivity contribution < 1.29 is 8.42 Å². The van der Waals surface area contributed by atoms with Gasteiger partial charge in [-0.1, -0.05) is 13.8 Å². The van der Waals surface area contributed by atoms with Crippen LogP contribution < -0.4 is 5.73 Å². The highest BCUT2D eigenvalue weighted by Crippen LogP contribution is 2.25. The summed E-state index contributed by atoms with van der Waals surface area (Å²) in [7, 11) is -2.91. The van der Waals surface area contributed by atoms with Crippen LogP contribution in [0.4, 0.5) is 0 Å². The normalized spacial score (nSPS) is 17.0. The number of rotatable bonds is 6. The average molecular weight is 221 g/mol. The van der Waals surface area contributed by atoms with E-state index in [0.717, 1.165) is 6.42 Å². The molecule has 0 aromatic carbocycles. The van der Waals surface area contributed by atoms with Crippen molar-refractivity contribution in [2.24, 2.45) is 11.1 Å². The third kappa shape index (κ3) is 3.96. The van der Waals surface area contributed by atoms with Crippen LogP contribution in [0, 0.1) is 5.41 Å². The molecule has 0 fully saturated rings. The highest BCUT2D eigenvalue weighted by atomic mass is 32.2. The van der Waals surface area contributed by atoms with Gasteiger partial charge in [-0.15, -0.1) is 0 Å². The Balaban J connectivity index is 4.31. The minimum Gasteiger partial charge on any atom is -0.330 e. The maximum Gasteiger partial charge on any atom is 0.152 e. The molecule has 0 rings (SSSR count). The van der Waals surface area contributed by atoms with Crippen molar-refractivity contribution in [3.05, 3.63) is 0 Å². The van der Waals surface area contributed by atoms with E-state index in [1.165, 1.54) is 0 Å². The second kappa shape index (κ2) is 5.12. The number of hydrogen-bond acceptors (Lipinski definition) is 3. The second-order valence-corrected chi connectivity index (χ2v) is 7.21. The van der Waals surface area contributed by atoms with E-state index in [-0.39, 0.29) is 16.4 Å². The maximum atomic E-state index is 11.6. The summed E-state index contributed by atoms with van der Waals surface area (Å²) in [6, 6.07) is 0. The number of nitrogens with two attached hydrogens (primary N) is 1. The van der Waals surface area contributed by atoms with Gasteiger partial charge in [0, 0.05) is 0 Å². The van der Waals surface area contributed by atoms with Crippen LogP contribution in [0.15, 0.2) is 0 Å². The average Bonchev–Trinajstić information content (AvgIpc) is 2.14. The van der Waals surface area contributed by atoms with Gasteiger partial charge >= 0.3 is 0 Å². The first-order valence-corrected chi connectivity index (χ1v) is 6.90. The van der Waals surface area contributed by atoms with E-state index in [1.807, 2.05) is 6.92 Å². The Kier molecular flexibility index (Phi) is 5.09. The fourth-order valence-electron chi connectivity index (χ4n) is 1.05. The van der Waals surface area contributed by atoms with Gasteiger partial charge in [-0.25, -0.2) is 8.42 Å². The van der Waals surface area contributed by atoms with Crippen LogP contribution in [0.2, 0.25) is 0 Å². The predicted molar refractivity (Wildman–Crippen MR) is 61.0 cm³/mol. The standard InChI is InChI=1S/C10H23NO2S/c1-5-10(4,8-11)6-7-14(12,13)9(2)3/h9H,5-8,11H2,1-4H3. The molecule has 0 radical (unpaired) electrons. The summed E-state index contributed by atoms with van der Waals surface area (Å²) < 4.78 is 23.1. The Bertz CT molecular complexity index is 253. The van der Waals surface area contributed by atoms with Crippen LogP contribution in [-0.2, 0) is 9.84 Å². The van der Waals surface area contributed by atoms with Crippen LogP contribution in [-0.4, -0.2) is 26.0 Å². The van der Waals surface area contributed by atoms with Gasteiger partial charge in [0.15, 0.2) is 9.84 Å². The smallest absolute Gasteiger partial charge is 0.152 e. The predicted octanol–water partition coefficient (Wildman–Crippen LogP) is 1.57. The molecular weight excluding hydrogens is 198 g/mol. The molecule has 1 atom stereocenters. The first-order chi connectivity index (χ1) is 6.27. The molecule has 0 aromatic heterocycles. The Morgan fingerprint density at radius 3 is 2.14 bits per heavy atom. The third-order valence-electron chi connectivity index (χ3n) is 3.05. The molecule has 0 aliphatic carbocycles. The first-order valence-electron chi connectivity index (χ1n) is 5.19. The number of sulfone groups is 1. The molecule has 86 valence electrons. The zero-order chi connectivity index (χ0) is 11.4. The van der Waals surface area contributed by atoms with Gasteiger partial charge in [-0.2, -0.15) is 0 Å². The molecule has 0 amide bonds. The van der Waals surface area contributed by atoms with E-state index in [1.54, 1.807) is 13.8 Å². The molecule has 0 spiro atoms. The molecule has 0 saturated carbocycles. The molecule has 2 N–H and O–H groups in total. The lowest BCUT2D eigenvalue weighted by atomic mass is 9.85. The lowest BCUT2D eigenvalue weighted by Gasteiger charge is -2.26. The lowest BCUT2D eigenvalue weighted by molar-refractivity contribution is 0.311. The third-order valence-corrected chi connectivity index (χ3v) is 5.26. The van der Waals surface area contributed by atoms with Crippen molar-refractivity contribution in [1.29, 1.82) is 0 Å². The quantitative estimate of drug-likeness (QED) is 0.740. The summed E-state index contributed by atoms with van der Waals surface area (Å²) in [6.45, 7) is 8.09. The summed E-state index contributed by atoms with van der Waals surface area (Å²) in [5.41, 5.74) is 5.60. The largest absolute Gasteiger partial charge is 0.330 e. The van der Waals surface area contributed by atoms with Crippen molar-refractivity contribution >= 4 is 9.84 Å². The summed E-state index contributed by atoms with van der Waals surface area (Å²) in [4.78, 5) is 0. The van der Waals surface area contributed by atoms with Crippen LogP contribution in [0.1, 0.15) is 40.5 Å². The topological polar surface area (TPSA) is 60.2 Å². The Hall–Kier alpha value is -0.0900. The van der Waals surface area contributed by atoms with Gasteiger partial charge in [-0.3, -0.25) is 0 Å². The van der Waals surface area contributed by atoms with E-state index < -0.39 is 9.84 Å². The maximum absolute atomic E-state index is 11.6. The molecule has 3 nitrogen and oxygen atoms in total. The first kappa shape index (κ1) is 13.9. The second-order valence-electron chi connectivity index (χ2n) is 4.53. The highest BCUT2D eigenvalue weighted by Gasteiger charge is 2.24. The molecule has 0 aromatic rings. The minimum absolute atomic E-state index is 0.0258. The van der Waals surface area contributed by atoms with Crippen LogP contribution in [0.3, 0.4) is 0 Å². The van der Waals surface area contributed by atoms with E-state index in [9.17, 15) is 8.42 Å². The fourth-order valence-corrected chi connectivity index (χ4v) is 2.30. The lowest BCUT2D eigenvalue weighted by Crippen LogP contribution is -2.30. The Morgan fingerprint density at radius 2 is 1.86 bits per heavy atom. The Labute approximate surface area is 88.0 Å². The molecule has 14 heavy (non-hydrogen) atoms. The monoisotopic (exact) mass is 221 g/mol. The van der Waals surface area contributed by atoms with Crippen molar-refractivity contribution in [3.8, 4) is 0 Å². The number of hydrogen-bond donors (Lipinski definition) is 1. The van der Waals surface area contributed by atoms with Gasteiger partial charge in [0.2, 0.25) is 0 Å². The fraction of sp³-hybridized carbons (Fsp3) is 1.00. The van der Waals surface area contributed by atoms with Crippen LogP contribution >= 0.6 is 0 Å². The molecular formula is C10H23NO2S. The molecule has 4 heteroatoms. The summed E-state index contributed by atoms with van der Waals surface area (Å²) in [6.07, 6.45) is 1.59. The summed E-state index contributed by atoms with van der Waals surface area (Å²) in [5, 5.41) is -0.276. The molecule has 0 aliphatic rings. The summed E-state index contributed by atoms with van der Waals surface area (Å²) in [5.74, 6) is 0.256. The van der Waals surface area contributed by atoms with E-state index >= 15 is 0 Å². The van der Waals surface area contributed by atoms with Gasteiger partial charge in [0.1, 0.15) is 0 Å². The minimum atomic E-state index is -2.91.